The van der Waals surface area contributed by atoms with Crippen LogP contribution in [0.4, 0.5) is 0 Å². The van der Waals surface area contributed by atoms with Crippen LogP contribution >= 0.6 is 11.6 Å². The lowest BCUT2D eigenvalue weighted by molar-refractivity contribution is 0.0992. The van der Waals surface area contributed by atoms with Gasteiger partial charge in [-0.3, -0.25) is 9.78 Å². The molecule has 2 aromatic rings. The molecule has 78 valence electrons. The van der Waals surface area contributed by atoms with Gasteiger partial charge in [0.15, 0.2) is 5.78 Å². The van der Waals surface area contributed by atoms with Crippen molar-refractivity contribution in [3.8, 4) is 11.1 Å². The molecule has 0 N–H and O–H groups in total. The van der Waals surface area contributed by atoms with E-state index in [0.717, 1.165) is 16.7 Å². The molecule has 2 nitrogen and oxygen atoms in total. The summed E-state index contributed by atoms with van der Waals surface area (Å²) in [5, 5.41) is 0.601. The maximum absolute atomic E-state index is 11.9. The lowest BCUT2D eigenvalue weighted by Crippen LogP contribution is -2.12. The van der Waals surface area contributed by atoms with Crippen LogP contribution in [-0.2, 0) is 6.42 Å². The van der Waals surface area contributed by atoms with E-state index < -0.39 is 0 Å². The SMILES string of the molecule is O=C1Cc2cnccc2-c2ccc(Cl)cc21. The van der Waals surface area contributed by atoms with Gasteiger partial charge in [0.25, 0.3) is 0 Å². The zero-order chi connectivity index (χ0) is 11.1. The summed E-state index contributed by atoms with van der Waals surface area (Å²) in [6.45, 7) is 0. The Labute approximate surface area is 97.9 Å². The summed E-state index contributed by atoms with van der Waals surface area (Å²) in [5.74, 6) is 0.109. The van der Waals surface area contributed by atoms with E-state index in [1.807, 2.05) is 18.2 Å². The second-order valence-electron chi connectivity index (χ2n) is 3.82. The Kier molecular flexibility index (Phi) is 2.04. The Morgan fingerprint density at radius 2 is 2.00 bits per heavy atom. The van der Waals surface area contributed by atoms with Gasteiger partial charge in [0, 0.05) is 29.4 Å². The molecule has 3 heteroatoms. The summed E-state index contributed by atoms with van der Waals surface area (Å²) in [5.41, 5.74) is 3.74. The van der Waals surface area contributed by atoms with Crippen LogP contribution in [-0.4, -0.2) is 10.8 Å². The highest BCUT2D eigenvalue weighted by atomic mass is 35.5. The molecule has 0 saturated carbocycles. The van der Waals surface area contributed by atoms with E-state index in [4.69, 9.17) is 11.6 Å². The normalized spacial score (nSPS) is 13.2. The van der Waals surface area contributed by atoms with E-state index in [1.54, 1.807) is 18.5 Å². The monoisotopic (exact) mass is 229 g/mol. The number of nitrogens with zero attached hydrogens (tertiary/aromatic N) is 1. The Bertz CT molecular complexity index is 592. The van der Waals surface area contributed by atoms with Gasteiger partial charge in [-0.25, -0.2) is 0 Å². The molecule has 1 heterocycles. The van der Waals surface area contributed by atoms with Crippen molar-refractivity contribution in [2.75, 3.05) is 0 Å². The minimum atomic E-state index is 0.109. The van der Waals surface area contributed by atoms with Crippen molar-refractivity contribution in [1.82, 2.24) is 4.98 Å². The number of carbonyl (C=O) groups excluding carboxylic acids is 1. The molecule has 0 spiro atoms. The van der Waals surface area contributed by atoms with Gasteiger partial charge >= 0.3 is 0 Å². The number of fused-ring (bicyclic) bond motifs is 3. The van der Waals surface area contributed by atoms with Gasteiger partial charge in [-0.05, 0) is 34.9 Å². The maximum atomic E-state index is 11.9. The molecule has 0 fully saturated rings. The summed E-state index contributed by atoms with van der Waals surface area (Å²) in [6.07, 6.45) is 3.91. The van der Waals surface area contributed by atoms with Gasteiger partial charge in [0.1, 0.15) is 0 Å². The first kappa shape index (κ1) is 9.55. The quantitative estimate of drug-likeness (QED) is 0.695. The Balaban J connectivity index is 2.33. The third kappa shape index (κ3) is 1.34. The third-order valence-electron chi connectivity index (χ3n) is 2.83. The predicted molar refractivity (Wildman–Crippen MR) is 62.7 cm³/mol. The zero-order valence-electron chi connectivity index (χ0n) is 8.40. The number of Topliss-reactive ketones (excluding diaryl/α,β-unsaturated/α-hetero) is 1. The van der Waals surface area contributed by atoms with Crippen molar-refractivity contribution in [2.45, 2.75) is 6.42 Å². The molecular formula is C13H8ClNO. The van der Waals surface area contributed by atoms with E-state index in [-0.39, 0.29) is 5.78 Å². The van der Waals surface area contributed by atoms with Gasteiger partial charge in [-0.2, -0.15) is 0 Å². The van der Waals surface area contributed by atoms with Crippen LogP contribution < -0.4 is 0 Å². The number of pyridine rings is 1. The second-order valence-corrected chi connectivity index (χ2v) is 4.26. The first-order valence-corrected chi connectivity index (χ1v) is 5.39. The highest BCUT2D eigenvalue weighted by Gasteiger charge is 2.22. The molecule has 1 aliphatic carbocycles. The van der Waals surface area contributed by atoms with Gasteiger partial charge in [0.2, 0.25) is 0 Å². The maximum Gasteiger partial charge on any atom is 0.167 e. The molecule has 0 bridgehead atoms. The van der Waals surface area contributed by atoms with Gasteiger partial charge in [-0.1, -0.05) is 17.7 Å². The van der Waals surface area contributed by atoms with E-state index in [0.29, 0.717) is 17.0 Å². The third-order valence-corrected chi connectivity index (χ3v) is 3.06. The summed E-state index contributed by atoms with van der Waals surface area (Å²) in [6, 6.07) is 7.38. The molecule has 0 saturated heterocycles. The molecule has 0 unspecified atom stereocenters. The lowest BCUT2D eigenvalue weighted by Gasteiger charge is -2.18. The van der Waals surface area contributed by atoms with E-state index in [9.17, 15) is 4.79 Å². The van der Waals surface area contributed by atoms with Crippen LogP contribution in [0, 0.1) is 0 Å². The molecule has 0 amide bonds. The molecular weight excluding hydrogens is 222 g/mol. The van der Waals surface area contributed by atoms with Crippen LogP contribution in [0.3, 0.4) is 0 Å². The van der Waals surface area contributed by atoms with Crippen molar-refractivity contribution >= 4 is 17.4 Å². The topological polar surface area (TPSA) is 30.0 Å². The second kappa shape index (κ2) is 3.42. The highest BCUT2D eigenvalue weighted by molar-refractivity contribution is 6.31. The lowest BCUT2D eigenvalue weighted by atomic mass is 9.86. The Morgan fingerprint density at radius 1 is 1.12 bits per heavy atom. The van der Waals surface area contributed by atoms with Gasteiger partial charge < -0.3 is 0 Å². The standard InChI is InChI=1S/C13H8ClNO/c14-9-1-2-11-10-3-4-15-7-8(10)5-13(16)12(11)6-9/h1-4,6-7H,5H2. The summed E-state index contributed by atoms with van der Waals surface area (Å²) < 4.78 is 0. The van der Waals surface area contributed by atoms with Crippen LogP contribution in [0.15, 0.2) is 36.7 Å². The minimum absolute atomic E-state index is 0.109. The average Bonchev–Trinajstić information content (AvgIpc) is 2.29. The van der Waals surface area contributed by atoms with Crippen LogP contribution in [0.25, 0.3) is 11.1 Å². The van der Waals surface area contributed by atoms with E-state index in [2.05, 4.69) is 4.98 Å². The Morgan fingerprint density at radius 3 is 2.88 bits per heavy atom. The van der Waals surface area contributed by atoms with Crippen molar-refractivity contribution < 1.29 is 4.79 Å². The predicted octanol–water partition coefficient (Wildman–Crippen LogP) is 3.14. The van der Waals surface area contributed by atoms with Gasteiger partial charge in [0.05, 0.1) is 0 Å². The number of rotatable bonds is 0. The number of aromatic nitrogens is 1. The number of hydrogen-bond acceptors (Lipinski definition) is 2. The largest absolute Gasteiger partial charge is 0.294 e. The van der Waals surface area contributed by atoms with Crippen LogP contribution in [0.2, 0.25) is 5.02 Å². The molecule has 16 heavy (non-hydrogen) atoms. The summed E-state index contributed by atoms with van der Waals surface area (Å²) >= 11 is 5.90. The molecule has 0 radical (unpaired) electrons. The smallest absolute Gasteiger partial charge is 0.167 e. The van der Waals surface area contributed by atoms with Crippen molar-refractivity contribution in [1.29, 1.82) is 0 Å². The van der Waals surface area contributed by atoms with E-state index >= 15 is 0 Å². The van der Waals surface area contributed by atoms with Gasteiger partial charge in [-0.15, -0.1) is 0 Å². The molecule has 1 aromatic heterocycles. The van der Waals surface area contributed by atoms with Crippen LogP contribution in [0.5, 0.6) is 0 Å². The van der Waals surface area contributed by atoms with Crippen molar-refractivity contribution in [3.05, 3.63) is 52.8 Å². The molecule has 0 atom stereocenters. The number of hydrogen-bond donors (Lipinski definition) is 0. The number of benzene rings is 1. The molecule has 3 rings (SSSR count). The number of ketones is 1. The van der Waals surface area contributed by atoms with Crippen molar-refractivity contribution in [3.63, 3.8) is 0 Å². The summed E-state index contributed by atoms with van der Waals surface area (Å²) in [7, 11) is 0. The van der Waals surface area contributed by atoms with Crippen LogP contribution in [0.1, 0.15) is 15.9 Å². The Hall–Kier alpha value is -1.67. The average molecular weight is 230 g/mol. The number of carbonyl (C=O) groups is 1. The fourth-order valence-electron chi connectivity index (χ4n) is 2.08. The molecule has 1 aliphatic rings. The first-order valence-electron chi connectivity index (χ1n) is 5.02. The first-order chi connectivity index (χ1) is 7.75. The highest BCUT2D eigenvalue weighted by Crippen LogP contribution is 2.34. The number of halogens is 1. The fraction of sp³-hybridized carbons (Fsp3) is 0.0769. The van der Waals surface area contributed by atoms with E-state index in [1.165, 1.54) is 0 Å². The van der Waals surface area contributed by atoms with Crippen molar-refractivity contribution in [2.24, 2.45) is 0 Å². The zero-order valence-corrected chi connectivity index (χ0v) is 9.16. The fourth-order valence-corrected chi connectivity index (χ4v) is 2.25. The molecule has 1 aromatic carbocycles. The molecule has 0 aliphatic heterocycles. The summed E-state index contributed by atoms with van der Waals surface area (Å²) in [4.78, 5) is 16.0. The minimum Gasteiger partial charge on any atom is -0.294 e.